The van der Waals surface area contributed by atoms with Gasteiger partial charge in [-0.05, 0) is 25.0 Å². The summed E-state index contributed by atoms with van der Waals surface area (Å²) in [5, 5.41) is 3.09. The standard InChI is InChI=1S/C20H26N4O5S/c1-15-4-6-16(7-5-15)14-28-20(25)24-11-8-17(18(13-24)29-30(2,26)27)12-23-19-21-9-3-10-22-19/h3-7,9-10,17-18H,8,11-14H2,1-2H3,(H,21,22,23)/t17-,18-/m0/s1. The summed E-state index contributed by atoms with van der Waals surface area (Å²) in [4.78, 5) is 22.2. The van der Waals surface area contributed by atoms with Gasteiger partial charge in [-0.1, -0.05) is 29.8 Å². The zero-order chi connectivity index (χ0) is 21.6. The fraction of sp³-hybridized carbons (Fsp3) is 0.450. The maximum atomic E-state index is 12.5. The molecular weight excluding hydrogens is 408 g/mol. The fourth-order valence-corrected chi connectivity index (χ4v) is 3.90. The Hall–Kier alpha value is -2.72. The van der Waals surface area contributed by atoms with Crippen molar-refractivity contribution in [2.75, 3.05) is 31.2 Å². The number of aryl methyl sites for hydroxylation is 1. The van der Waals surface area contributed by atoms with Crippen LogP contribution in [0.1, 0.15) is 17.5 Å². The van der Waals surface area contributed by atoms with Crippen LogP contribution in [0.5, 0.6) is 0 Å². The molecule has 2 aromatic rings. The van der Waals surface area contributed by atoms with Crippen molar-refractivity contribution < 1.29 is 22.1 Å². The van der Waals surface area contributed by atoms with Crippen LogP contribution in [0.15, 0.2) is 42.7 Å². The van der Waals surface area contributed by atoms with E-state index in [0.29, 0.717) is 25.5 Å². The molecule has 1 saturated heterocycles. The number of piperidine rings is 1. The minimum absolute atomic E-state index is 0.127. The summed E-state index contributed by atoms with van der Waals surface area (Å²) in [6, 6.07) is 9.42. The molecule has 0 unspecified atom stereocenters. The number of benzene rings is 1. The van der Waals surface area contributed by atoms with E-state index >= 15 is 0 Å². The second-order valence-corrected chi connectivity index (χ2v) is 8.93. The Bertz CT molecular complexity index is 937. The molecule has 0 radical (unpaired) electrons. The normalized spacial score (nSPS) is 19.3. The second-order valence-electron chi connectivity index (χ2n) is 7.33. The molecule has 1 N–H and O–H groups in total. The van der Waals surface area contributed by atoms with Crippen molar-refractivity contribution in [2.45, 2.75) is 26.1 Å². The molecule has 0 saturated carbocycles. The number of aromatic nitrogens is 2. The molecule has 2 atom stereocenters. The van der Waals surface area contributed by atoms with E-state index in [4.69, 9.17) is 8.92 Å². The lowest BCUT2D eigenvalue weighted by Crippen LogP contribution is -2.50. The van der Waals surface area contributed by atoms with Gasteiger partial charge in [-0.2, -0.15) is 8.42 Å². The van der Waals surface area contributed by atoms with Crippen LogP contribution < -0.4 is 5.32 Å². The van der Waals surface area contributed by atoms with Gasteiger partial charge in [0.05, 0.1) is 18.9 Å². The quantitative estimate of drug-likeness (QED) is 0.661. The Balaban J connectivity index is 1.58. The number of nitrogens with one attached hydrogen (secondary N) is 1. The van der Waals surface area contributed by atoms with Crippen LogP contribution in [0.25, 0.3) is 0 Å². The third kappa shape index (κ3) is 6.67. The van der Waals surface area contributed by atoms with Gasteiger partial charge in [-0.3, -0.25) is 4.18 Å². The van der Waals surface area contributed by atoms with Gasteiger partial charge in [0.15, 0.2) is 0 Å². The minimum Gasteiger partial charge on any atom is -0.445 e. The van der Waals surface area contributed by atoms with Gasteiger partial charge in [0.1, 0.15) is 6.61 Å². The first kappa shape index (κ1) is 22.0. The molecule has 162 valence electrons. The first-order valence-corrected chi connectivity index (χ1v) is 11.5. The molecule has 1 aromatic carbocycles. The molecule has 9 nitrogen and oxygen atoms in total. The Morgan fingerprint density at radius 3 is 2.60 bits per heavy atom. The van der Waals surface area contributed by atoms with Crippen molar-refractivity contribution in [2.24, 2.45) is 5.92 Å². The molecule has 1 aromatic heterocycles. The summed E-state index contributed by atoms with van der Waals surface area (Å²) < 4.78 is 34.1. The molecule has 1 fully saturated rings. The highest BCUT2D eigenvalue weighted by Gasteiger charge is 2.35. The third-order valence-electron chi connectivity index (χ3n) is 4.82. The SMILES string of the molecule is Cc1ccc(COC(=O)N2CC[C@@H](CNc3ncccn3)[C@@H](OS(C)(=O)=O)C2)cc1. The molecule has 10 heteroatoms. The lowest BCUT2D eigenvalue weighted by Gasteiger charge is -2.37. The monoisotopic (exact) mass is 434 g/mol. The summed E-state index contributed by atoms with van der Waals surface area (Å²) in [6.45, 7) is 3.14. The van der Waals surface area contributed by atoms with Crippen molar-refractivity contribution in [1.29, 1.82) is 0 Å². The predicted molar refractivity (Wildman–Crippen MR) is 111 cm³/mol. The molecule has 0 aliphatic carbocycles. The number of rotatable bonds is 7. The van der Waals surface area contributed by atoms with Crippen molar-refractivity contribution in [3.05, 3.63) is 53.9 Å². The molecule has 0 spiro atoms. The molecular formula is C20H26N4O5S. The molecule has 1 aliphatic rings. The number of anilines is 1. The van der Waals surface area contributed by atoms with E-state index in [1.54, 1.807) is 18.5 Å². The van der Waals surface area contributed by atoms with E-state index < -0.39 is 22.3 Å². The van der Waals surface area contributed by atoms with Crippen LogP contribution >= 0.6 is 0 Å². The summed E-state index contributed by atoms with van der Waals surface area (Å²) in [7, 11) is -3.69. The van der Waals surface area contributed by atoms with Gasteiger partial charge in [0.25, 0.3) is 10.1 Å². The Morgan fingerprint density at radius 2 is 1.93 bits per heavy atom. The molecule has 30 heavy (non-hydrogen) atoms. The fourth-order valence-electron chi connectivity index (χ4n) is 3.23. The van der Waals surface area contributed by atoms with Crippen LogP contribution in [-0.4, -0.2) is 61.4 Å². The molecule has 0 bridgehead atoms. The first-order chi connectivity index (χ1) is 14.3. The number of likely N-dealkylation sites (tertiary alicyclic amines) is 1. The number of carbonyl (C=O) groups excluding carboxylic acids is 1. The largest absolute Gasteiger partial charge is 0.445 e. The molecule has 3 rings (SSSR count). The average molecular weight is 435 g/mol. The Morgan fingerprint density at radius 1 is 1.23 bits per heavy atom. The predicted octanol–water partition coefficient (Wildman–Crippen LogP) is 2.20. The van der Waals surface area contributed by atoms with Gasteiger partial charge in [-0.15, -0.1) is 0 Å². The van der Waals surface area contributed by atoms with E-state index in [2.05, 4.69) is 15.3 Å². The number of hydrogen-bond acceptors (Lipinski definition) is 8. The summed E-state index contributed by atoms with van der Waals surface area (Å²) in [5.74, 6) is 0.320. The number of carbonyl (C=O) groups is 1. The van der Waals surface area contributed by atoms with Crippen molar-refractivity contribution >= 4 is 22.2 Å². The van der Waals surface area contributed by atoms with Crippen molar-refractivity contribution in [1.82, 2.24) is 14.9 Å². The van der Waals surface area contributed by atoms with E-state index in [0.717, 1.165) is 17.4 Å². The lowest BCUT2D eigenvalue weighted by atomic mass is 9.94. The third-order valence-corrected chi connectivity index (χ3v) is 5.42. The van der Waals surface area contributed by atoms with Gasteiger partial charge in [-0.25, -0.2) is 14.8 Å². The highest BCUT2D eigenvalue weighted by atomic mass is 32.2. The van der Waals surface area contributed by atoms with Crippen molar-refractivity contribution in [3.8, 4) is 0 Å². The van der Waals surface area contributed by atoms with Crippen LogP contribution in [-0.2, 0) is 25.6 Å². The number of ether oxygens (including phenoxy) is 1. The highest BCUT2D eigenvalue weighted by Crippen LogP contribution is 2.23. The Kier molecular flexibility index (Phi) is 7.22. The van der Waals surface area contributed by atoms with Crippen LogP contribution in [0, 0.1) is 12.8 Å². The van der Waals surface area contributed by atoms with E-state index in [1.807, 2.05) is 31.2 Å². The maximum Gasteiger partial charge on any atom is 0.410 e. The van der Waals surface area contributed by atoms with Gasteiger partial charge in [0.2, 0.25) is 5.95 Å². The van der Waals surface area contributed by atoms with Crippen LogP contribution in [0.3, 0.4) is 0 Å². The van der Waals surface area contributed by atoms with E-state index in [9.17, 15) is 13.2 Å². The maximum absolute atomic E-state index is 12.5. The van der Waals surface area contributed by atoms with Crippen LogP contribution in [0.2, 0.25) is 0 Å². The summed E-state index contributed by atoms with van der Waals surface area (Å²) in [6.07, 6.45) is 3.62. The number of nitrogens with zero attached hydrogens (tertiary/aromatic N) is 3. The molecule has 2 heterocycles. The number of hydrogen-bond donors (Lipinski definition) is 1. The zero-order valence-corrected chi connectivity index (χ0v) is 17.8. The average Bonchev–Trinajstić information content (AvgIpc) is 2.72. The second kappa shape index (κ2) is 9.86. The summed E-state index contributed by atoms with van der Waals surface area (Å²) >= 11 is 0. The molecule has 1 amide bonds. The van der Waals surface area contributed by atoms with Crippen LogP contribution in [0.4, 0.5) is 10.7 Å². The highest BCUT2D eigenvalue weighted by molar-refractivity contribution is 7.86. The van der Waals surface area contributed by atoms with Gasteiger partial charge in [0, 0.05) is 31.4 Å². The Labute approximate surface area is 176 Å². The van der Waals surface area contributed by atoms with Gasteiger partial charge < -0.3 is 15.0 Å². The van der Waals surface area contributed by atoms with E-state index in [1.165, 1.54) is 4.90 Å². The minimum atomic E-state index is -3.69. The summed E-state index contributed by atoms with van der Waals surface area (Å²) in [5.41, 5.74) is 2.02. The molecule has 1 aliphatic heterocycles. The smallest absolute Gasteiger partial charge is 0.410 e. The topological polar surface area (TPSA) is 111 Å². The van der Waals surface area contributed by atoms with Gasteiger partial charge >= 0.3 is 6.09 Å². The lowest BCUT2D eigenvalue weighted by molar-refractivity contribution is 0.0330. The first-order valence-electron chi connectivity index (χ1n) is 9.66. The number of amides is 1. The van der Waals surface area contributed by atoms with E-state index in [-0.39, 0.29) is 19.1 Å². The zero-order valence-electron chi connectivity index (χ0n) is 17.0. The van der Waals surface area contributed by atoms with Crippen molar-refractivity contribution in [3.63, 3.8) is 0 Å².